The zero-order chi connectivity index (χ0) is 18.7. The highest BCUT2D eigenvalue weighted by Crippen LogP contribution is 2.40. The predicted molar refractivity (Wildman–Crippen MR) is 102 cm³/mol. The Bertz CT molecular complexity index is 827. The molecule has 3 amide bonds. The van der Waals surface area contributed by atoms with E-state index in [1.165, 1.54) is 22.7 Å². The number of fused-ring (bicyclic) bond motifs is 1. The Balaban J connectivity index is 1.91. The summed E-state index contributed by atoms with van der Waals surface area (Å²) in [5.41, 5.74) is 1.31. The molecule has 26 heavy (non-hydrogen) atoms. The number of alkyl carbamates (subject to hydrolysis) is 1. The lowest BCUT2D eigenvalue weighted by Gasteiger charge is -2.18. The molecular weight excluding hydrogens is 372 g/mol. The number of imide groups is 1. The number of rotatable bonds is 4. The Hall–Kier alpha value is -2.19. The second-order valence-corrected chi connectivity index (χ2v) is 8.21. The van der Waals surface area contributed by atoms with Gasteiger partial charge in [-0.2, -0.15) is 0 Å². The van der Waals surface area contributed by atoms with E-state index in [0.29, 0.717) is 21.4 Å². The van der Waals surface area contributed by atoms with Crippen LogP contribution < -0.4 is 10.6 Å². The third-order valence-electron chi connectivity index (χ3n) is 4.20. The van der Waals surface area contributed by atoms with Gasteiger partial charge in [0.25, 0.3) is 11.8 Å². The minimum atomic E-state index is -0.780. The molecule has 2 aromatic heterocycles. The topological polar surface area (TPSA) is 84.5 Å². The standard InChI is InChI=1S/C18H20N2O4S2/c1-3-24-18(23)20-16(22)14-11-7-6-10(2)9-13(11)26-17(14)19-15(21)12-5-4-8-25-12/h4-5,8,10H,3,6-7,9H2,1-2H3,(H,19,21)(H,20,22,23)/t10-/m0/s1. The van der Waals surface area contributed by atoms with Gasteiger partial charge in [0.1, 0.15) is 5.00 Å². The van der Waals surface area contributed by atoms with Gasteiger partial charge in [0.2, 0.25) is 0 Å². The normalized spacial score (nSPS) is 15.8. The quantitative estimate of drug-likeness (QED) is 0.821. The zero-order valence-electron chi connectivity index (χ0n) is 14.6. The number of hydrogen-bond donors (Lipinski definition) is 2. The highest BCUT2D eigenvalue weighted by Gasteiger charge is 2.29. The molecule has 1 aliphatic rings. The number of anilines is 1. The Morgan fingerprint density at radius 3 is 2.81 bits per heavy atom. The molecule has 3 rings (SSSR count). The van der Waals surface area contributed by atoms with Gasteiger partial charge in [-0.05, 0) is 49.1 Å². The molecule has 1 atom stereocenters. The monoisotopic (exact) mass is 392 g/mol. The van der Waals surface area contributed by atoms with Crippen LogP contribution in [0.25, 0.3) is 0 Å². The van der Waals surface area contributed by atoms with Gasteiger partial charge in [0.05, 0.1) is 17.0 Å². The smallest absolute Gasteiger partial charge is 0.414 e. The number of ether oxygens (including phenoxy) is 1. The van der Waals surface area contributed by atoms with Crippen molar-refractivity contribution in [3.05, 3.63) is 38.4 Å². The fraction of sp³-hybridized carbons (Fsp3) is 0.389. The molecule has 0 bridgehead atoms. The minimum absolute atomic E-state index is 0.181. The number of nitrogens with one attached hydrogen (secondary N) is 2. The molecule has 2 aromatic rings. The number of amides is 3. The van der Waals surface area contributed by atoms with Crippen molar-refractivity contribution in [1.29, 1.82) is 0 Å². The first kappa shape index (κ1) is 18.6. The summed E-state index contributed by atoms with van der Waals surface area (Å²) in [6.07, 6.45) is 1.82. The molecule has 2 N–H and O–H groups in total. The Labute approximate surface area is 159 Å². The van der Waals surface area contributed by atoms with E-state index in [-0.39, 0.29) is 12.5 Å². The van der Waals surface area contributed by atoms with Crippen LogP contribution in [0.5, 0.6) is 0 Å². The van der Waals surface area contributed by atoms with Crippen molar-refractivity contribution in [3.63, 3.8) is 0 Å². The molecule has 0 radical (unpaired) electrons. The van der Waals surface area contributed by atoms with E-state index in [1.54, 1.807) is 19.1 Å². The van der Waals surface area contributed by atoms with Crippen molar-refractivity contribution in [3.8, 4) is 0 Å². The summed E-state index contributed by atoms with van der Waals surface area (Å²) in [4.78, 5) is 38.4. The van der Waals surface area contributed by atoms with Crippen LogP contribution in [0.2, 0.25) is 0 Å². The molecule has 0 saturated carbocycles. The number of carbonyl (C=O) groups excluding carboxylic acids is 3. The van der Waals surface area contributed by atoms with E-state index in [4.69, 9.17) is 4.74 Å². The molecule has 0 spiro atoms. The van der Waals surface area contributed by atoms with Crippen LogP contribution >= 0.6 is 22.7 Å². The van der Waals surface area contributed by atoms with Crippen LogP contribution in [0, 0.1) is 5.92 Å². The summed E-state index contributed by atoms with van der Waals surface area (Å²) in [7, 11) is 0. The van der Waals surface area contributed by atoms with Crippen LogP contribution in [0.3, 0.4) is 0 Å². The van der Waals surface area contributed by atoms with Gasteiger partial charge in [-0.3, -0.25) is 14.9 Å². The molecule has 0 aliphatic heterocycles. The molecular formula is C18H20N2O4S2. The Morgan fingerprint density at radius 2 is 2.12 bits per heavy atom. The van der Waals surface area contributed by atoms with Gasteiger partial charge in [-0.15, -0.1) is 22.7 Å². The van der Waals surface area contributed by atoms with Crippen LogP contribution in [0.4, 0.5) is 9.80 Å². The maximum atomic E-state index is 12.7. The average molecular weight is 393 g/mol. The van der Waals surface area contributed by atoms with Gasteiger partial charge in [0.15, 0.2) is 0 Å². The highest BCUT2D eigenvalue weighted by atomic mass is 32.1. The minimum Gasteiger partial charge on any atom is -0.450 e. The lowest BCUT2D eigenvalue weighted by atomic mass is 9.88. The molecule has 6 nitrogen and oxygen atoms in total. The van der Waals surface area contributed by atoms with Gasteiger partial charge < -0.3 is 10.1 Å². The number of hydrogen-bond acceptors (Lipinski definition) is 6. The fourth-order valence-corrected chi connectivity index (χ4v) is 5.00. The molecule has 2 heterocycles. The van der Waals surface area contributed by atoms with Crippen molar-refractivity contribution in [1.82, 2.24) is 5.32 Å². The third-order valence-corrected chi connectivity index (χ3v) is 6.24. The molecule has 0 unspecified atom stereocenters. The van der Waals surface area contributed by atoms with Crippen LogP contribution in [0.1, 0.15) is 50.7 Å². The largest absolute Gasteiger partial charge is 0.450 e. The van der Waals surface area contributed by atoms with Crippen molar-refractivity contribution in [2.45, 2.75) is 33.1 Å². The highest BCUT2D eigenvalue weighted by molar-refractivity contribution is 7.17. The lowest BCUT2D eigenvalue weighted by molar-refractivity contribution is 0.0925. The van der Waals surface area contributed by atoms with Crippen LogP contribution in [-0.2, 0) is 17.6 Å². The first-order valence-corrected chi connectivity index (χ1v) is 10.2. The molecule has 0 aromatic carbocycles. The first-order chi connectivity index (χ1) is 12.5. The van der Waals surface area contributed by atoms with E-state index < -0.39 is 12.0 Å². The van der Waals surface area contributed by atoms with Crippen LogP contribution in [-0.4, -0.2) is 24.5 Å². The summed E-state index contributed by atoms with van der Waals surface area (Å²) < 4.78 is 4.80. The maximum absolute atomic E-state index is 12.7. The molecule has 1 aliphatic carbocycles. The fourth-order valence-electron chi connectivity index (χ4n) is 2.97. The molecule has 0 fully saturated rings. The number of carbonyl (C=O) groups is 3. The summed E-state index contributed by atoms with van der Waals surface area (Å²) in [6, 6.07) is 3.53. The second-order valence-electron chi connectivity index (χ2n) is 6.16. The average Bonchev–Trinajstić information content (AvgIpc) is 3.21. The van der Waals surface area contributed by atoms with E-state index in [0.717, 1.165) is 29.7 Å². The van der Waals surface area contributed by atoms with E-state index in [1.807, 2.05) is 5.38 Å². The first-order valence-electron chi connectivity index (χ1n) is 8.47. The van der Waals surface area contributed by atoms with Crippen molar-refractivity contribution >= 4 is 45.6 Å². The molecule has 8 heteroatoms. The summed E-state index contributed by atoms with van der Waals surface area (Å²) in [5, 5.41) is 7.41. The van der Waals surface area contributed by atoms with Gasteiger partial charge in [-0.25, -0.2) is 4.79 Å². The van der Waals surface area contributed by atoms with Gasteiger partial charge in [0, 0.05) is 4.88 Å². The van der Waals surface area contributed by atoms with E-state index >= 15 is 0 Å². The summed E-state index contributed by atoms with van der Waals surface area (Å²) >= 11 is 2.75. The summed E-state index contributed by atoms with van der Waals surface area (Å²) in [6.45, 7) is 4.02. The van der Waals surface area contributed by atoms with Crippen molar-refractivity contribution < 1.29 is 19.1 Å². The number of thiophene rings is 2. The lowest BCUT2D eigenvalue weighted by Crippen LogP contribution is -2.32. The zero-order valence-corrected chi connectivity index (χ0v) is 16.2. The van der Waals surface area contributed by atoms with Gasteiger partial charge in [-0.1, -0.05) is 13.0 Å². The van der Waals surface area contributed by atoms with Crippen LogP contribution in [0.15, 0.2) is 17.5 Å². The molecule has 138 valence electrons. The SMILES string of the molecule is CCOC(=O)NC(=O)c1c(NC(=O)c2cccs2)sc2c1CC[C@H](C)C2. The van der Waals surface area contributed by atoms with Crippen molar-refractivity contribution in [2.24, 2.45) is 5.92 Å². The van der Waals surface area contributed by atoms with Gasteiger partial charge >= 0.3 is 6.09 Å². The maximum Gasteiger partial charge on any atom is 0.414 e. The third kappa shape index (κ3) is 3.96. The molecule has 0 saturated heterocycles. The second kappa shape index (κ2) is 8.01. The summed E-state index contributed by atoms with van der Waals surface area (Å²) in [5.74, 6) is -0.253. The van der Waals surface area contributed by atoms with E-state index in [9.17, 15) is 14.4 Å². The predicted octanol–water partition coefficient (Wildman–Crippen LogP) is 4.07. The van der Waals surface area contributed by atoms with Crippen molar-refractivity contribution in [2.75, 3.05) is 11.9 Å². The Kier molecular flexibility index (Phi) is 5.73. The van der Waals surface area contributed by atoms with E-state index in [2.05, 4.69) is 17.6 Å². The Morgan fingerprint density at radius 1 is 1.31 bits per heavy atom.